The number of hydrogen-bond donors (Lipinski definition) is 1. The van der Waals surface area contributed by atoms with E-state index in [0.29, 0.717) is 26.6 Å². The summed E-state index contributed by atoms with van der Waals surface area (Å²) in [7, 11) is -3.74. The Labute approximate surface area is 205 Å². The Balaban J connectivity index is 1.49. The second kappa shape index (κ2) is 10.0. The van der Waals surface area contributed by atoms with Gasteiger partial charge in [-0.3, -0.25) is 14.2 Å². The van der Waals surface area contributed by atoms with Gasteiger partial charge in [-0.05, 0) is 48.4 Å². The Morgan fingerprint density at radius 3 is 2.65 bits per heavy atom. The minimum atomic E-state index is -3.74. The summed E-state index contributed by atoms with van der Waals surface area (Å²) in [4.78, 5) is 34.0. The number of pyridine rings is 1. The van der Waals surface area contributed by atoms with Crippen LogP contribution in [0.2, 0.25) is 4.34 Å². The van der Waals surface area contributed by atoms with E-state index in [-0.39, 0.29) is 16.2 Å². The molecule has 4 aromatic rings. The minimum absolute atomic E-state index is 0.0655. The summed E-state index contributed by atoms with van der Waals surface area (Å²) < 4.78 is 26.5. The van der Waals surface area contributed by atoms with E-state index < -0.39 is 21.4 Å². The van der Waals surface area contributed by atoms with Crippen molar-refractivity contribution in [2.24, 2.45) is 0 Å². The third kappa shape index (κ3) is 5.35. The number of ketones is 1. The van der Waals surface area contributed by atoms with E-state index in [9.17, 15) is 18.0 Å². The summed E-state index contributed by atoms with van der Waals surface area (Å²) in [5, 5.41) is 3.73. The number of benzene rings is 1. The topological polar surface area (TPSA) is 111 Å². The smallest absolute Gasteiger partial charge is 0.266 e. The molecule has 0 aliphatic heterocycles. The first-order valence-corrected chi connectivity index (χ1v) is 13.3. The Morgan fingerprint density at radius 1 is 1.15 bits per heavy atom. The highest BCUT2D eigenvalue weighted by atomic mass is 35.5. The average Bonchev–Trinajstić information content (AvgIpc) is 3.25. The van der Waals surface area contributed by atoms with Gasteiger partial charge in [-0.2, -0.15) is 0 Å². The SMILES string of the molecule is CCCNc1ccc2c(=O)n(-c3ccc(CC(=O)CS(=O)(=O)c4ccc(Cl)s4)cn3)cnc2c1. The molecule has 0 radical (unpaired) electrons. The van der Waals surface area contributed by atoms with Crippen molar-refractivity contribution in [1.82, 2.24) is 14.5 Å². The lowest BCUT2D eigenvalue weighted by molar-refractivity contribution is -0.116. The molecule has 0 saturated heterocycles. The van der Waals surface area contributed by atoms with Crippen LogP contribution in [0.3, 0.4) is 0 Å². The molecule has 0 spiro atoms. The Hall–Kier alpha value is -3.08. The van der Waals surface area contributed by atoms with Crippen LogP contribution >= 0.6 is 22.9 Å². The summed E-state index contributed by atoms with van der Waals surface area (Å²) in [5.74, 6) is -0.727. The van der Waals surface area contributed by atoms with Gasteiger partial charge >= 0.3 is 0 Å². The predicted molar refractivity (Wildman–Crippen MR) is 134 cm³/mol. The van der Waals surface area contributed by atoms with E-state index in [0.717, 1.165) is 30.0 Å². The number of anilines is 1. The van der Waals surface area contributed by atoms with Gasteiger partial charge in [-0.25, -0.2) is 18.4 Å². The first kappa shape index (κ1) is 24.1. The maximum absolute atomic E-state index is 12.9. The van der Waals surface area contributed by atoms with E-state index >= 15 is 0 Å². The average molecular weight is 517 g/mol. The number of carbonyl (C=O) groups is 1. The molecule has 176 valence electrons. The number of sulfone groups is 1. The van der Waals surface area contributed by atoms with E-state index in [1.54, 1.807) is 18.2 Å². The van der Waals surface area contributed by atoms with Gasteiger partial charge in [0.1, 0.15) is 22.1 Å². The predicted octanol–water partition coefficient (Wildman–Crippen LogP) is 3.90. The number of aromatic nitrogens is 3. The molecule has 8 nitrogen and oxygen atoms in total. The molecule has 0 unspecified atom stereocenters. The lowest BCUT2D eigenvalue weighted by atomic mass is 10.1. The number of thiophene rings is 1. The minimum Gasteiger partial charge on any atom is -0.385 e. The molecule has 0 saturated carbocycles. The molecule has 1 N–H and O–H groups in total. The van der Waals surface area contributed by atoms with Crippen LogP contribution in [-0.4, -0.2) is 41.0 Å². The van der Waals surface area contributed by atoms with Crippen molar-refractivity contribution in [3.63, 3.8) is 0 Å². The van der Waals surface area contributed by atoms with E-state index in [2.05, 4.69) is 22.2 Å². The van der Waals surface area contributed by atoms with Crippen LogP contribution in [0.15, 0.2) is 64.0 Å². The van der Waals surface area contributed by atoms with Gasteiger partial charge in [0.15, 0.2) is 15.6 Å². The van der Waals surface area contributed by atoms with Crippen LogP contribution in [-0.2, 0) is 21.1 Å². The van der Waals surface area contributed by atoms with Crippen molar-refractivity contribution in [2.45, 2.75) is 24.0 Å². The maximum atomic E-state index is 12.9. The lowest BCUT2D eigenvalue weighted by Crippen LogP contribution is -2.20. The fraction of sp³-hybridized carbons (Fsp3) is 0.217. The second-order valence-corrected chi connectivity index (χ2v) is 11.6. The van der Waals surface area contributed by atoms with Crippen LogP contribution in [0, 0.1) is 0 Å². The van der Waals surface area contributed by atoms with E-state index in [1.165, 1.54) is 29.2 Å². The van der Waals surface area contributed by atoms with Crippen molar-refractivity contribution < 1.29 is 13.2 Å². The molecule has 0 fully saturated rings. The number of rotatable bonds is 9. The number of fused-ring (bicyclic) bond motifs is 1. The number of Topliss-reactive ketones (excluding diaryl/α,β-unsaturated/α-hetero) is 1. The van der Waals surface area contributed by atoms with E-state index in [4.69, 9.17) is 11.6 Å². The molecule has 0 atom stereocenters. The highest BCUT2D eigenvalue weighted by Crippen LogP contribution is 2.26. The third-order valence-corrected chi connectivity index (χ3v) is 8.49. The van der Waals surface area contributed by atoms with Crippen LogP contribution in [0.25, 0.3) is 16.7 Å². The van der Waals surface area contributed by atoms with Crippen LogP contribution in [0.1, 0.15) is 18.9 Å². The summed E-state index contributed by atoms with van der Waals surface area (Å²) in [6.07, 6.45) is 3.76. The highest BCUT2D eigenvalue weighted by Gasteiger charge is 2.21. The first-order valence-electron chi connectivity index (χ1n) is 10.5. The van der Waals surface area contributed by atoms with Crippen LogP contribution < -0.4 is 10.9 Å². The largest absolute Gasteiger partial charge is 0.385 e. The summed E-state index contributed by atoms with van der Waals surface area (Å²) >= 11 is 6.72. The van der Waals surface area contributed by atoms with Crippen LogP contribution in [0.5, 0.6) is 0 Å². The summed E-state index contributed by atoms with van der Waals surface area (Å²) in [6.45, 7) is 2.90. The van der Waals surface area contributed by atoms with Crippen molar-refractivity contribution in [3.8, 4) is 5.82 Å². The fourth-order valence-electron chi connectivity index (χ4n) is 3.35. The summed E-state index contributed by atoms with van der Waals surface area (Å²) in [5.41, 5.74) is 1.76. The van der Waals surface area contributed by atoms with Crippen LogP contribution in [0.4, 0.5) is 5.69 Å². The zero-order valence-corrected chi connectivity index (χ0v) is 20.6. The van der Waals surface area contributed by atoms with Gasteiger partial charge in [0, 0.05) is 24.8 Å². The second-order valence-electron chi connectivity index (χ2n) is 7.64. The zero-order chi connectivity index (χ0) is 24.3. The van der Waals surface area contributed by atoms with Gasteiger partial charge in [-0.1, -0.05) is 24.6 Å². The Morgan fingerprint density at radius 2 is 1.97 bits per heavy atom. The van der Waals surface area contributed by atoms with Gasteiger partial charge < -0.3 is 5.32 Å². The van der Waals surface area contributed by atoms with Gasteiger partial charge in [-0.15, -0.1) is 11.3 Å². The van der Waals surface area contributed by atoms with E-state index in [1.807, 2.05) is 12.1 Å². The number of halogens is 1. The molecular weight excluding hydrogens is 496 g/mol. The van der Waals surface area contributed by atoms with Crippen molar-refractivity contribution in [1.29, 1.82) is 0 Å². The molecule has 11 heteroatoms. The molecule has 0 amide bonds. The third-order valence-electron chi connectivity index (χ3n) is 5.00. The highest BCUT2D eigenvalue weighted by molar-refractivity contribution is 7.94. The number of hydrogen-bond acceptors (Lipinski definition) is 8. The number of nitrogens with zero attached hydrogens (tertiary/aromatic N) is 3. The van der Waals surface area contributed by atoms with Crippen molar-refractivity contribution >= 4 is 55.1 Å². The zero-order valence-electron chi connectivity index (χ0n) is 18.2. The quantitative estimate of drug-likeness (QED) is 0.359. The Bertz CT molecular complexity index is 1510. The first-order chi connectivity index (χ1) is 16.3. The molecule has 4 rings (SSSR count). The van der Waals surface area contributed by atoms with Gasteiger partial charge in [0.05, 0.1) is 15.2 Å². The molecule has 0 aliphatic carbocycles. The monoisotopic (exact) mass is 516 g/mol. The molecular formula is C23H21ClN4O4S2. The fourth-order valence-corrected chi connectivity index (χ4v) is 6.17. The van der Waals surface area contributed by atoms with Crippen molar-refractivity contribution in [3.05, 3.63) is 75.2 Å². The number of carbonyl (C=O) groups excluding carboxylic acids is 1. The van der Waals surface area contributed by atoms with Crippen molar-refractivity contribution in [2.75, 3.05) is 17.6 Å². The molecule has 3 heterocycles. The molecule has 3 aromatic heterocycles. The summed E-state index contributed by atoms with van der Waals surface area (Å²) in [6, 6.07) is 11.5. The molecule has 0 bridgehead atoms. The van der Waals surface area contributed by atoms with Gasteiger partial charge in [0.2, 0.25) is 0 Å². The lowest BCUT2D eigenvalue weighted by Gasteiger charge is -2.09. The number of nitrogens with one attached hydrogen (secondary N) is 1. The standard InChI is InChI=1S/C23H21ClN4O4S2/c1-2-9-25-16-4-5-18-19(11-16)27-14-28(23(18)30)21-7-3-15(12-26-21)10-17(29)13-34(31,32)22-8-6-20(24)33-22/h3-8,11-12,14,25H,2,9-10,13H2,1H3. The Kier molecular flexibility index (Phi) is 7.11. The normalized spacial score (nSPS) is 11.6. The molecule has 0 aliphatic rings. The molecule has 1 aromatic carbocycles. The maximum Gasteiger partial charge on any atom is 0.266 e. The molecule has 34 heavy (non-hydrogen) atoms. The van der Waals surface area contributed by atoms with Gasteiger partial charge in [0.25, 0.3) is 5.56 Å².